The normalized spacial score (nSPS) is 12.0. The number of nitrogens with one attached hydrogen (secondary N) is 1. The number of carbonyl (C=O) groups is 1. The summed E-state index contributed by atoms with van der Waals surface area (Å²) in [6, 6.07) is 6.25. The minimum atomic E-state index is -0.485. The van der Waals surface area contributed by atoms with Gasteiger partial charge in [0.15, 0.2) is 0 Å². The van der Waals surface area contributed by atoms with Crippen molar-refractivity contribution in [1.29, 1.82) is 0 Å². The summed E-state index contributed by atoms with van der Waals surface area (Å²) in [5.41, 5.74) is 2.84. The Kier molecular flexibility index (Phi) is 6.61. The maximum absolute atomic E-state index is 12.7. The second-order valence-corrected chi connectivity index (χ2v) is 7.29. The van der Waals surface area contributed by atoms with Gasteiger partial charge in [-0.25, -0.2) is 0 Å². The third-order valence-electron chi connectivity index (χ3n) is 4.19. The van der Waals surface area contributed by atoms with Crippen LogP contribution in [0.2, 0.25) is 0 Å². The third kappa shape index (κ3) is 4.57. The van der Waals surface area contributed by atoms with E-state index < -0.39 is 5.41 Å². The molecule has 0 fully saturated rings. The van der Waals surface area contributed by atoms with E-state index in [-0.39, 0.29) is 12.5 Å². The molecule has 22 heavy (non-hydrogen) atoms. The zero-order chi connectivity index (χ0) is 16.9. The Balaban J connectivity index is 3.12. The molecule has 3 nitrogen and oxygen atoms in total. The molecule has 3 heteroatoms. The Morgan fingerprint density at radius 1 is 1.14 bits per heavy atom. The molecule has 0 radical (unpaired) electrons. The monoisotopic (exact) mass is 305 g/mol. The molecular weight excluding hydrogens is 274 g/mol. The molecule has 0 unspecified atom stereocenters. The molecule has 124 valence electrons. The van der Waals surface area contributed by atoms with Gasteiger partial charge in [-0.15, -0.1) is 0 Å². The fourth-order valence-electron chi connectivity index (χ4n) is 2.61. The number of amides is 1. The van der Waals surface area contributed by atoms with Gasteiger partial charge in [-0.2, -0.15) is 0 Å². The quantitative estimate of drug-likeness (QED) is 0.769. The van der Waals surface area contributed by atoms with E-state index in [1.54, 1.807) is 0 Å². The molecule has 1 amide bonds. The second kappa shape index (κ2) is 7.77. The molecule has 0 aliphatic rings. The first-order valence-corrected chi connectivity index (χ1v) is 8.25. The van der Waals surface area contributed by atoms with E-state index in [2.05, 4.69) is 51.2 Å². The highest BCUT2D eigenvalue weighted by Crippen LogP contribution is 2.34. The van der Waals surface area contributed by atoms with Gasteiger partial charge < -0.3 is 10.4 Å². The zero-order valence-corrected chi connectivity index (χ0v) is 14.9. The average molecular weight is 305 g/mol. The molecule has 0 aliphatic carbocycles. The van der Waals surface area contributed by atoms with Gasteiger partial charge in [0, 0.05) is 17.7 Å². The van der Waals surface area contributed by atoms with E-state index in [9.17, 15) is 4.79 Å². The molecule has 1 aromatic rings. The van der Waals surface area contributed by atoms with Gasteiger partial charge in [-0.05, 0) is 35.8 Å². The maximum Gasteiger partial charge on any atom is 0.230 e. The average Bonchev–Trinajstić information content (AvgIpc) is 2.44. The van der Waals surface area contributed by atoms with Crippen molar-refractivity contribution in [3.05, 3.63) is 29.3 Å². The fraction of sp³-hybridized carbons (Fsp3) is 0.632. The van der Waals surface area contributed by atoms with Crippen LogP contribution in [0.5, 0.6) is 0 Å². The van der Waals surface area contributed by atoms with E-state index in [1.165, 1.54) is 11.1 Å². The zero-order valence-electron chi connectivity index (χ0n) is 14.9. The predicted octanol–water partition coefficient (Wildman–Crippen LogP) is 4.67. The second-order valence-electron chi connectivity index (χ2n) is 7.29. The number of aliphatic hydroxyl groups is 1. The number of hydrogen-bond acceptors (Lipinski definition) is 2. The lowest BCUT2D eigenvalue weighted by molar-refractivity contribution is -0.124. The van der Waals surface area contributed by atoms with Crippen molar-refractivity contribution in [2.24, 2.45) is 5.41 Å². The summed E-state index contributed by atoms with van der Waals surface area (Å²) in [5, 5.41) is 12.2. The number of rotatable bonds is 7. The van der Waals surface area contributed by atoms with Gasteiger partial charge in [0.25, 0.3) is 0 Å². The van der Waals surface area contributed by atoms with Crippen molar-refractivity contribution in [2.75, 3.05) is 11.9 Å². The van der Waals surface area contributed by atoms with Gasteiger partial charge in [-0.1, -0.05) is 59.7 Å². The molecule has 0 heterocycles. The molecule has 0 saturated heterocycles. The number of aliphatic hydroxyl groups excluding tert-OH is 1. The maximum atomic E-state index is 12.7. The summed E-state index contributed by atoms with van der Waals surface area (Å²) in [5.74, 6) is 0.736. The minimum absolute atomic E-state index is 0.0240. The van der Waals surface area contributed by atoms with Crippen LogP contribution in [0, 0.1) is 5.41 Å². The number of hydrogen-bond donors (Lipinski definition) is 2. The lowest BCUT2D eigenvalue weighted by Crippen LogP contribution is -2.32. The van der Waals surface area contributed by atoms with Crippen molar-refractivity contribution >= 4 is 11.6 Å². The Bertz CT molecular complexity index is 478. The Morgan fingerprint density at radius 3 is 2.05 bits per heavy atom. The molecule has 0 saturated carbocycles. The van der Waals surface area contributed by atoms with E-state index in [4.69, 9.17) is 5.11 Å². The highest BCUT2D eigenvalue weighted by molar-refractivity contribution is 5.96. The van der Waals surface area contributed by atoms with Gasteiger partial charge in [0.2, 0.25) is 5.91 Å². The van der Waals surface area contributed by atoms with Crippen LogP contribution >= 0.6 is 0 Å². The number of benzene rings is 1. The van der Waals surface area contributed by atoms with Crippen molar-refractivity contribution in [2.45, 2.75) is 66.2 Å². The smallest absolute Gasteiger partial charge is 0.230 e. The minimum Gasteiger partial charge on any atom is -0.396 e. The van der Waals surface area contributed by atoms with Crippen molar-refractivity contribution in [3.63, 3.8) is 0 Å². The van der Waals surface area contributed by atoms with Gasteiger partial charge in [-0.3, -0.25) is 4.79 Å². The molecule has 2 N–H and O–H groups in total. The van der Waals surface area contributed by atoms with E-state index in [1.807, 2.05) is 13.8 Å². The summed E-state index contributed by atoms with van der Waals surface area (Å²) < 4.78 is 0. The summed E-state index contributed by atoms with van der Waals surface area (Å²) in [4.78, 5) is 12.7. The number of para-hydroxylation sites is 1. The number of carbonyl (C=O) groups excluding carboxylic acids is 1. The van der Waals surface area contributed by atoms with E-state index >= 15 is 0 Å². The molecule has 1 rings (SSSR count). The first kappa shape index (κ1) is 18.7. The molecule has 1 aromatic carbocycles. The third-order valence-corrected chi connectivity index (χ3v) is 4.19. The largest absolute Gasteiger partial charge is 0.396 e. The van der Waals surface area contributed by atoms with Crippen LogP contribution in [0.25, 0.3) is 0 Å². The van der Waals surface area contributed by atoms with Crippen molar-refractivity contribution < 1.29 is 9.90 Å². The molecule has 0 bridgehead atoms. The van der Waals surface area contributed by atoms with Crippen LogP contribution in [-0.2, 0) is 4.79 Å². The van der Waals surface area contributed by atoms with Crippen molar-refractivity contribution in [1.82, 2.24) is 0 Å². The summed E-state index contributed by atoms with van der Waals surface area (Å²) in [6.07, 6.45) is 1.32. The topological polar surface area (TPSA) is 49.3 Å². The summed E-state index contributed by atoms with van der Waals surface area (Å²) in [7, 11) is 0. The van der Waals surface area contributed by atoms with Gasteiger partial charge >= 0.3 is 0 Å². The first-order valence-electron chi connectivity index (χ1n) is 8.25. The highest BCUT2D eigenvalue weighted by atomic mass is 16.3. The Hall–Kier alpha value is -1.35. The van der Waals surface area contributed by atoms with E-state index in [0.29, 0.717) is 24.7 Å². The predicted molar refractivity (Wildman–Crippen MR) is 93.4 cm³/mol. The van der Waals surface area contributed by atoms with Crippen LogP contribution in [0.4, 0.5) is 5.69 Å². The van der Waals surface area contributed by atoms with Crippen LogP contribution < -0.4 is 5.32 Å². The SMILES string of the molecule is CC(C)c1cccc(C(C)C)c1NC(=O)C(C)(C)CCCO. The Morgan fingerprint density at radius 2 is 1.64 bits per heavy atom. The van der Waals surface area contributed by atoms with Crippen LogP contribution in [0.15, 0.2) is 18.2 Å². The van der Waals surface area contributed by atoms with Crippen LogP contribution in [-0.4, -0.2) is 17.6 Å². The Labute approximate surface area is 135 Å². The molecular formula is C19H31NO2. The molecule has 0 aromatic heterocycles. The van der Waals surface area contributed by atoms with Crippen LogP contribution in [0.3, 0.4) is 0 Å². The fourth-order valence-corrected chi connectivity index (χ4v) is 2.61. The summed E-state index contributed by atoms with van der Waals surface area (Å²) in [6.45, 7) is 12.6. The molecule has 0 spiro atoms. The number of anilines is 1. The lowest BCUT2D eigenvalue weighted by Gasteiger charge is -2.26. The first-order chi connectivity index (χ1) is 10.2. The van der Waals surface area contributed by atoms with Gasteiger partial charge in [0.05, 0.1) is 0 Å². The standard InChI is InChI=1S/C19H31NO2/c1-13(2)15-9-7-10-16(14(3)4)17(15)20-18(22)19(5,6)11-8-12-21/h7,9-10,13-14,21H,8,11-12H2,1-6H3,(H,20,22). The molecule has 0 atom stereocenters. The van der Waals surface area contributed by atoms with Gasteiger partial charge in [0.1, 0.15) is 0 Å². The highest BCUT2D eigenvalue weighted by Gasteiger charge is 2.28. The molecule has 0 aliphatic heterocycles. The summed E-state index contributed by atoms with van der Waals surface area (Å²) >= 11 is 0. The van der Waals surface area contributed by atoms with Crippen LogP contribution in [0.1, 0.15) is 77.3 Å². The van der Waals surface area contributed by atoms with E-state index in [0.717, 1.165) is 5.69 Å². The van der Waals surface area contributed by atoms with Crippen molar-refractivity contribution in [3.8, 4) is 0 Å². The lowest BCUT2D eigenvalue weighted by atomic mass is 9.86.